The molecule has 1 rings (SSSR count). The second-order valence-electron chi connectivity index (χ2n) is 3.71. The average Bonchev–Trinajstić information content (AvgIpc) is 2.04. The van der Waals surface area contributed by atoms with Crippen LogP contribution in [0, 0.1) is 0 Å². The SMILES string of the molecule is C[Si](C)(CCN)Oc1ccccc1. The maximum atomic E-state index is 5.90. The standard InChI is InChI=1S/C10H17NOSi/c1-13(2,9-8-11)12-10-6-4-3-5-7-10/h3-7H,8-9,11H2,1-2H3. The Morgan fingerprint density at radius 1 is 1.23 bits per heavy atom. The van der Waals surface area contributed by atoms with E-state index in [-0.39, 0.29) is 0 Å². The lowest BCUT2D eigenvalue weighted by Crippen LogP contribution is -2.36. The largest absolute Gasteiger partial charge is 0.544 e. The Morgan fingerprint density at radius 2 is 1.85 bits per heavy atom. The zero-order chi connectivity index (χ0) is 9.73. The van der Waals surface area contributed by atoms with Gasteiger partial charge in [0, 0.05) is 0 Å². The highest BCUT2D eigenvalue weighted by Crippen LogP contribution is 2.17. The zero-order valence-electron chi connectivity index (χ0n) is 8.29. The highest BCUT2D eigenvalue weighted by molar-refractivity contribution is 6.71. The highest BCUT2D eigenvalue weighted by Gasteiger charge is 2.22. The van der Waals surface area contributed by atoms with Crippen molar-refractivity contribution in [3.8, 4) is 5.75 Å². The van der Waals surface area contributed by atoms with Crippen molar-refractivity contribution >= 4 is 8.32 Å². The Bertz CT molecular complexity index is 248. The van der Waals surface area contributed by atoms with E-state index in [1.165, 1.54) is 0 Å². The van der Waals surface area contributed by atoms with E-state index in [1.807, 2.05) is 30.3 Å². The molecule has 3 heteroatoms. The molecule has 0 amide bonds. The van der Waals surface area contributed by atoms with Crippen LogP contribution >= 0.6 is 0 Å². The van der Waals surface area contributed by atoms with Gasteiger partial charge in [0.15, 0.2) is 0 Å². The fraction of sp³-hybridized carbons (Fsp3) is 0.400. The summed E-state index contributed by atoms with van der Waals surface area (Å²) in [6.45, 7) is 5.09. The summed E-state index contributed by atoms with van der Waals surface area (Å²) in [5, 5.41) is 0. The van der Waals surface area contributed by atoms with Gasteiger partial charge in [0.25, 0.3) is 0 Å². The lowest BCUT2D eigenvalue weighted by Gasteiger charge is -2.23. The zero-order valence-corrected chi connectivity index (χ0v) is 9.29. The first-order chi connectivity index (χ1) is 6.14. The smallest absolute Gasteiger partial charge is 0.246 e. The summed E-state index contributed by atoms with van der Waals surface area (Å²) in [7, 11) is -1.57. The van der Waals surface area contributed by atoms with Gasteiger partial charge < -0.3 is 10.2 Å². The van der Waals surface area contributed by atoms with E-state index in [9.17, 15) is 0 Å². The minimum Gasteiger partial charge on any atom is -0.544 e. The quantitative estimate of drug-likeness (QED) is 0.748. The predicted octanol–water partition coefficient (Wildman–Crippen LogP) is 2.23. The van der Waals surface area contributed by atoms with E-state index in [2.05, 4.69) is 13.1 Å². The molecule has 0 unspecified atom stereocenters. The van der Waals surface area contributed by atoms with Gasteiger partial charge >= 0.3 is 0 Å². The van der Waals surface area contributed by atoms with Gasteiger partial charge in [-0.05, 0) is 37.8 Å². The van der Waals surface area contributed by atoms with Gasteiger partial charge in [-0.2, -0.15) is 0 Å². The van der Waals surface area contributed by atoms with Crippen LogP contribution in [0.4, 0.5) is 0 Å². The molecule has 0 atom stereocenters. The molecule has 0 aliphatic rings. The molecule has 0 aliphatic carbocycles. The first-order valence-electron chi connectivity index (χ1n) is 4.58. The molecule has 72 valence electrons. The summed E-state index contributed by atoms with van der Waals surface area (Å²) in [5.74, 6) is 0.965. The molecule has 0 saturated heterocycles. The molecule has 1 aromatic carbocycles. The van der Waals surface area contributed by atoms with Gasteiger partial charge in [0.2, 0.25) is 8.32 Å². The highest BCUT2D eigenvalue weighted by atomic mass is 28.4. The van der Waals surface area contributed by atoms with Crippen molar-refractivity contribution in [1.29, 1.82) is 0 Å². The maximum Gasteiger partial charge on any atom is 0.246 e. The van der Waals surface area contributed by atoms with Crippen LogP contribution in [0.15, 0.2) is 30.3 Å². The molecule has 13 heavy (non-hydrogen) atoms. The molecule has 0 saturated carbocycles. The molecule has 0 spiro atoms. The maximum absolute atomic E-state index is 5.90. The first-order valence-corrected chi connectivity index (χ1v) is 7.70. The van der Waals surface area contributed by atoms with Gasteiger partial charge in [0.05, 0.1) is 0 Å². The van der Waals surface area contributed by atoms with E-state index < -0.39 is 8.32 Å². The van der Waals surface area contributed by atoms with Gasteiger partial charge in [-0.25, -0.2) is 0 Å². The van der Waals surface area contributed by atoms with Crippen LogP contribution in [0.3, 0.4) is 0 Å². The van der Waals surface area contributed by atoms with E-state index in [4.69, 9.17) is 10.2 Å². The summed E-state index contributed by atoms with van der Waals surface area (Å²) in [6.07, 6.45) is 0. The summed E-state index contributed by atoms with van der Waals surface area (Å²) in [5.41, 5.74) is 5.52. The number of rotatable bonds is 4. The van der Waals surface area contributed by atoms with Crippen molar-refractivity contribution in [3.63, 3.8) is 0 Å². The summed E-state index contributed by atoms with van der Waals surface area (Å²) in [6, 6.07) is 11.0. The Kier molecular flexibility index (Phi) is 3.51. The molecule has 0 fully saturated rings. The normalized spacial score (nSPS) is 11.3. The van der Waals surface area contributed by atoms with Crippen LogP contribution in [-0.2, 0) is 0 Å². The predicted molar refractivity (Wildman–Crippen MR) is 58.4 cm³/mol. The van der Waals surface area contributed by atoms with Crippen LogP contribution in [0.25, 0.3) is 0 Å². The van der Waals surface area contributed by atoms with Gasteiger partial charge in [-0.15, -0.1) is 0 Å². The third-order valence-electron chi connectivity index (χ3n) is 1.88. The molecule has 0 bridgehead atoms. The minimum absolute atomic E-state index is 0.714. The first kappa shape index (κ1) is 10.3. The van der Waals surface area contributed by atoms with Gasteiger partial charge in [-0.3, -0.25) is 0 Å². The van der Waals surface area contributed by atoms with Crippen molar-refractivity contribution < 1.29 is 4.43 Å². The lowest BCUT2D eigenvalue weighted by atomic mass is 10.3. The molecular weight excluding hydrogens is 178 g/mol. The molecule has 1 aromatic rings. The molecule has 0 heterocycles. The van der Waals surface area contributed by atoms with Crippen molar-refractivity contribution in [2.75, 3.05) is 6.54 Å². The Morgan fingerprint density at radius 3 is 2.38 bits per heavy atom. The molecule has 0 radical (unpaired) electrons. The van der Waals surface area contributed by atoms with Crippen LogP contribution in [0.5, 0.6) is 5.75 Å². The molecular formula is C10H17NOSi. The van der Waals surface area contributed by atoms with Gasteiger partial charge in [0.1, 0.15) is 5.75 Å². The number of hydrogen-bond donors (Lipinski definition) is 1. The second kappa shape index (κ2) is 4.44. The van der Waals surface area contributed by atoms with Crippen LogP contribution < -0.4 is 10.2 Å². The van der Waals surface area contributed by atoms with E-state index in [0.717, 1.165) is 11.8 Å². The van der Waals surface area contributed by atoms with E-state index in [0.29, 0.717) is 6.54 Å². The number of para-hydroxylation sites is 1. The topological polar surface area (TPSA) is 35.2 Å². The Labute approximate surface area is 80.8 Å². The molecule has 2 N–H and O–H groups in total. The average molecular weight is 195 g/mol. The van der Waals surface area contributed by atoms with E-state index >= 15 is 0 Å². The molecule has 0 aromatic heterocycles. The number of hydrogen-bond acceptors (Lipinski definition) is 2. The summed E-state index contributed by atoms with van der Waals surface area (Å²) >= 11 is 0. The molecule has 2 nitrogen and oxygen atoms in total. The third-order valence-corrected chi connectivity index (χ3v) is 4.16. The number of nitrogens with two attached hydrogens (primary N) is 1. The van der Waals surface area contributed by atoms with Gasteiger partial charge in [-0.1, -0.05) is 18.2 Å². The second-order valence-corrected chi connectivity index (χ2v) is 7.94. The third kappa shape index (κ3) is 3.61. The Balaban J connectivity index is 2.58. The van der Waals surface area contributed by atoms with Crippen LogP contribution in [0.2, 0.25) is 19.1 Å². The lowest BCUT2D eigenvalue weighted by molar-refractivity contribution is 0.547. The Hall–Kier alpha value is -0.803. The van der Waals surface area contributed by atoms with Crippen molar-refractivity contribution in [3.05, 3.63) is 30.3 Å². The van der Waals surface area contributed by atoms with Crippen molar-refractivity contribution in [1.82, 2.24) is 0 Å². The number of benzene rings is 1. The van der Waals surface area contributed by atoms with Crippen molar-refractivity contribution in [2.45, 2.75) is 19.1 Å². The van der Waals surface area contributed by atoms with Crippen LogP contribution in [-0.4, -0.2) is 14.9 Å². The summed E-state index contributed by atoms with van der Waals surface area (Å²) in [4.78, 5) is 0. The summed E-state index contributed by atoms with van der Waals surface area (Å²) < 4.78 is 5.90. The minimum atomic E-state index is -1.57. The fourth-order valence-electron chi connectivity index (χ4n) is 1.21. The van der Waals surface area contributed by atoms with Crippen molar-refractivity contribution in [2.24, 2.45) is 5.73 Å². The fourth-order valence-corrected chi connectivity index (χ4v) is 2.78. The van der Waals surface area contributed by atoms with E-state index in [1.54, 1.807) is 0 Å². The van der Waals surface area contributed by atoms with Crippen LogP contribution in [0.1, 0.15) is 0 Å². The molecule has 0 aliphatic heterocycles. The monoisotopic (exact) mass is 195 g/mol.